The second-order valence-corrected chi connectivity index (χ2v) is 3.94. The largest absolute Gasteiger partial charge is 0.383 e. The summed E-state index contributed by atoms with van der Waals surface area (Å²) in [7, 11) is 0. The fourth-order valence-electron chi connectivity index (χ4n) is 1.66. The molecule has 3 nitrogen and oxygen atoms in total. The number of rotatable bonds is 1. The van der Waals surface area contributed by atoms with E-state index < -0.39 is 0 Å². The first-order chi connectivity index (χ1) is 7.50. The molecule has 1 aromatic heterocycles. The second-order valence-electron chi connectivity index (χ2n) is 3.94. The summed E-state index contributed by atoms with van der Waals surface area (Å²) in [5.41, 5.74) is 9.43. The molecule has 84 valence electrons. The molecule has 0 aliphatic heterocycles. The maximum absolute atomic E-state index is 13.0. The summed E-state index contributed by atoms with van der Waals surface area (Å²) in [5.74, 6) is 0.354. The van der Waals surface area contributed by atoms with E-state index in [0.29, 0.717) is 5.82 Å². The summed E-state index contributed by atoms with van der Waals surface area (Å²) >= 11 is 0. The van der Waals surface area contributed by atoms with Crippen molar-refractivity contribution in [2.45, 2.75) is 20.8 Å². The lowest BCUT2D eigenvalue weighted by Gasteiger charge is -2.07. The highest BCUT2D eigenvalue weighted by Gasteiger charge is 2.11. The summed E-state index contributed by atoms with van der Waals surface area (Å²) in [6.45, 7) is 5.66. The molecule has 0 aliphatic carbocycles. The molecule has 0 saturated carbocycles. The number of nitrogen functional groups attached to an aromatic ring is 1. The van der Waals surface area contributed by atoms with Crippen molar-refractivity contribution in [2.24, 2.45) is 0 Å². The molecule has 0 saturated heterocycles. The highest BCUT2D eigenvalue weighted by atomic mass is 19.1. The van der Waals surface area contributed by atoms with Gasteiger partial charge in [-0.2, -0.15) is 5.10 Å². The van der Waals surface area contributed by atoms with Gasteiger partial charge in [0, 0.05) is 5.56 Å². The Bertz CT molecular complexity index is 543. The number of hydrogen-bond acceptors (Lipinski definition) is 2. The van der Waals surface area contributed by atoms with Crippen molar-refractivity contribution in [1.29, 1.82) is 0 Å². The van der Waals surface area contributed by atoms with E-state index in [9.17, 15) is 4.39 Å². The Balaban J connectivity index is 2.63. The molecule has 1 heterocycles. The SMILES string of the molecule is Cc1cc(F)ccc1-n1nc(C)c(C)c1N. The van der Waals surface area contributed by atoms with Gasteiger partial charge in [-0.05, 0) is 44.5 Å². The highest BCUT2D eigenvalue weighted by molar-refractivity contribution is 5.51. The van der Waals surface area contributed by atoms with E-state index in [0.717, 1.165) is 22.5 Å². The van der Waals surface area contributed by atoms with Gasteiger partial charge in [0.15, 0.2) is 0 Å². The molecular formula is C12H14FN3. The number of nitrogens with two attached hydrogens (primary N) is 1. The lowest BCUT2D eigenvalue weighted by Crippen LogP contribution is -2.04. The quantitative estimate of drug-likeness (QED) is 0.800. The number of anilines is 1. The third-order valence-electron chi connectivity index (χ3n) is 2.79. The summed E-state index contributed by atoms with van der Waals surface area (Å²) in [4.78, 5) is 0. The van der Waals surface area contributed by atoms with Crippen LogP contribution in [0.3, 0.4) is 0 Å². The standard InChI is InChI=1S/C12H14FN3/c1-7-6-10(13)4-5-11(7)16-12(14)8(2)9(3)15-16/h4-6H,14H2,1-3H3. The molecule has 0 atom stereocenters. The molecule has 4 heteroatoms. The average Bonchev–Trinajstić information content (AvgIpc) is 2.46. The molecule has 2 rings (SSSR count). The fraction of sp³-hybridized carbons (Fsp3) is 0.250. The minimum absolute atomic E-state index is 0.250. The van der Waals surface area contributed by atoms with Crippen molar-refractivity contribution in [3.05, 3.63) is 40.8 Å². The molecule has 1 aromatic carbocycles. The second kappa shape index (κ2) is 3.63. The van der Waals surface area contributed by atoms with Gasteiger partial charge in [-0.1, -0.05) is 0 Å². The van der Waals surface area contributed by atoms with Crippen LogP contribution in [0.25, 0.3) is 5.69 Å². The van der Waals surface area contributed by atoms with Crippen LogP contribution >= 0.6 is 0 Å². The zero-order valence-electron chi connectivity index (χ0n) is 9.58. The topological polar surface area (TPSA) is 43.8 Å². The van der Waals surface area contributed by atoms with Crippen LogP contribution in [0.15, 0.2) is 18.2 Å². The molecule has 0 spiro atoms. The van der Waals surface area contributed by atoms with Gasteiger partial charge in [0.05, 0.1) is 11.4 Å². The van der Waals surface area contributed by atoms with Gasteiger partial charge < -0.3 is 5.73 Å². The number of aromatic nitrogens is 2. The van der Waals surface area contributed by atoms with Crippen LogP contribution in [0.2, 0.25) is 0 Å². The van der Waals surface area contributed by atoms with Gasteiger partial charge in [0.25, 0.3) is 0 Å². The van der Waals surface area contributed by atoms with E-state index in [-0.39, 0.29) is 5.82 Å². The van der Waals surface area contributed by atoms with Gasteiger partial charge in [0.2, 0.25) is 0 Å². The molecule has 0 fully saturated rings. The predicted octanol–water partition coefficient (Wildman–Crippen LogP) is 2.52. The van der Waals surface area contributed by atoms with Gasteiger partial charge in [0.1, 0.15) is 11.6 Å². The summed E-state index contributed by atoms with van der Waals surface area (Å²) in [5, 5.41) is 4.34. The van der Waals surface area contributed by atoms with Crippen molar-refractivity contribution >= 4 is 5.82 Å². The van der Waals surface area contributed by atoms with Gasteiger partial charge in [-0.25, -0.2) is 9.07 Å². The minimum Gasteiger partial charge on any atom is -0.383 e. The Kier molecular flexibility index (Phi) is 2.42. The lowest BCUT2D eigenvalue weighted by atomic mass is 10.2. The number of halogens is 1. The van der Waals surface area contributed by atoms with Crippen molar-refractivity contribution < 1.29 is 4.39 Å². The van der Waals surface area contributed by atoms with E-state index in [1.165, 1.54) is 12.1 Å². The Hall–Kier alpha value is -1.84. The van der Waals surface area contributed by atoms with Crippen LogP contribution < -0.4 is 5.73 Å². The monoisotopic (exact) mass is 219 g/mol. The molecule has 0 aliphatic rings. The molecule has 2 aromatic rings. The normalized spacial score (nSPS) is 10.8. The summed E-state index contributed by atoms with van der Waals surface area (Å²) < 4.78 is 14.6. The zero-order valence-corrected chi connectivity index (χ0v) is 9.58. The van der Waals surface area contributed by atoms with E-state index in [1.54, 1.807) is 10.7 Å². The Labute approximate surface area is 93.7 Å². The van der Waals surface area contributed by atoms with Crippen molar-refractivity contribution in [1.82, 2.24) is 9.78 Å². The highest BCUT2D eigenvalue weighted by Crippen LogP contribution is 2.22. The number of benzene rings is 1. The molecule has 0 radical (unpaired) electrons. The van der Waals surface area contributed by atoms with E-state index in [2.05, 4.69) is 5.10 Å². The first-order valence-corrected chi connectivity index (χ1v) is 5.09. The first kappa shape index (κ1) is 10.7. The summed E-state index contributed by atoms with van der Waals surface area (Å²) in [6, 6.07) is 4.57. The van der Waals surface area contributed by atoms with Crippen LogP contribution in [0.5, 0.6) is 0 Å². The van der Waals surface area contributed by atoms with E-state index in [1.807, 2.05) is 20.8 Å². The third-order valence-corrected chi connectivity index (χ3v) is 2.79. The van der Waals surface area contributed by atoms with Crippen LogP contribution in [0.4, 0.5) is 10.2 Å². The maximum Gasteiger partial charge on any atom is 0.130 e. The van der Waals surface area contributed by atoms with Gasteiger partial charge in [-0.15, -0.1) is 0 Å². The predicted molar refractivity (Wildman–Crippen MR) is 62.1 cm³/mol. The van der Waals surface area contributed by atoms with Crippen molar-refractivity contribution in [3.63, 3.8) is 0 Å². The Morgan fingerprint density at radius 2 is 1.94 bits per heavy atom. The molecule has 0 amide bonds. The Morgan fingerprint density at radius 1 is 1.25 bits per heavy atom. The number of nitrogens with zero attached hydrogens (tertiary/aromatic N) is 2. The molecule has 0 bridgehead atoms. The smallest absolute Gasteiger partial charge is 0.130 e. The van der Waals surface area contributed by atoms with Crippen molar-refractivity contribution in [3.8, 4) is 5.69 Å². The molecule has 16 heavy (non-hydrogen) atoms. The zero-order chi connectivity index (χ0) is 11.9. The van der Waals surface area contributed by atoms with Crippen LogP contribution in [-0.4, -0.2) is 9.78 Å². The molecule has 0 unspecified atom stereocenters. The van der Waals surface area contributed by atoms with Gasteiger partial charge in [-0.3, -0.25) is 0 Å². The summed E-state index contributed by atoms with van der Waals surface area (Å²) in [6.07, 6.45) is 0. The maximum atomic E-state index is 13.0. The molecular weight excluding hydrogens is 205 g/mol. The fourth-order valence-corrected chi connectivity index (χ4v) is 1.66. The van der Waals surface area contributed by atoms with Crippen molar-refractivity contribution in [2.75, 3.05) is 5.73 Å². The average molecular weight is 219 g/mol. The number of aryl methyl sites for hydroxylation is 2. The Morgan fingerprint density at radius 3 is 2.44 bits per heavy atom. The third kappa shape index (κ3) is 1.56. The first-order valence-electron chi connectivity index (χ1n) is 5.09. The van der Waals surface area contributed by atoms with E-state index in [4.69, 9.17) is 5.73 Å². The van der Waals surface area contributed by atoms with E-state index >= 15 is 0 Å². The lowest BCUT2D eigenvalue weighted by molar-refractivity contribution is 0.625. The number of hydrogen-bond donors (Lipinski definition) is 1. The van der Waals surface area contributed by atoms with Crippen LogP contribution in [0.1, 0.15) is 16.8 Å². The van der Waals surface area contributed by atoms with Crippen LogP contribution in [-0.2, 0) is 0 Å². The minimum atomic E-state index is -0.250. The van der Waals surface area contributed by atoms with Gasteiger partial charge >= 0.3 is 0 Å². The molecule has 2 N–H and O–H groups in total. The van der Waals surface area contributed by atoms with Crippen LogP contribution in [0, 0.1) is 26.6 Å².